The average Bonchev–Trinajstić information content (AvgIpc) is 2.66. The molecule has 0 saturated heterocycles. The van der Waals surface area contributed by atoms with E-state index in [2.05, 4.69) is 4.98 Å². The van der Waals surface area contributed by atoms with Crippen LogP contribution in [0.4, 0.5) is 0 Å². The number of aryl methyl sites for hydroxylation is 3. The van der Waals surface area contributed by atoms with Crippen LogP contribution < -0.4 is 0 Å². The zero-order valence-electron chi connectivity index (χ0n) is 13.9. The summed E-state index contributed by atoms with van der Waals surface area (Å²) in [5, 5.41) is 1.86. The van der Waals surface area contributed by atoms with Crippen LogP contribution in [0.25, 0.3) is 32.8 Å². The molecule has 3 heterocycles. The van der Waals surface area contributed by atoms with Crippen molar-refractivity contribution in [2.45, 2.75) is 32.6 Å². The first-order chi connectivity index (χ1) is 12.2. The summed E-state index contributed by atoms with van der Waals surface area (Å²) in [6.45, 7) is 1.96. The predicted molar refractivity (Wildman–Crippen MR) is 96.9 cm³/mol. The highest BCUT2D eigenvalue weighted by Gasteiger charge is 2.18. The van der Waals surface area contributed by atoms with E-state index in [0.29, 0.717) is 5.69 Å². The minimum atomic E-state index is 0.405. The molecule has 4 aromatic rings. The molecule has 1 aliphatic rings. The Morgan fingerprint density at radius 3 is 1.96 bits per heavy atom. The van der Waals surface area contributed by atoms with Crippen LogP contribution in [-0.2, 0) is 12.8 Å². The fraction of sp³-hybridized carbons (Fsp3) is 0.250. The van der Waals surface area contributed by atoms with Crippen molar-refractivity contribution in [3.63, 3.8) is 0 Å². The summed E-state index contributed by atoms with van der Waals surface area (Å²) < 4.78 is 0. The summed E-state index contributed by atoms with van der Waals surface area (Å²) in [5.41, 5.74) is 6.78. The van der Waals surface area contributed by atoms with Gasteiger partial charge in [0.25, 0.3) is 0 Å². The highest BCUT2D eigenvalue weighted by Crippen LogP contribution is 2.33. The van der Waals surface area contributed by atoms with Crippen LogP contribution >= 0.6 is 0 Å². The van der Waals surface area contributed by atoms with Gasteiger partial charge in [0.1, 0.15) is 5.69 Å². The number of hydrogen-bond acceptors (Lipinski definition) is 5. The van der Waals surface area contributed by atoms with Crippen molar-refractivity contribution in [1.82, 2.24) is 19.9 Å². The molecule has 5 rings (SSSR count). The Morgan fingerprint density at radius 1 is 0.760 bits per heavy atom. The van der Waals surface area contributed by atoms with E-state index in [-0.39, 0.29) is 0 Å². The molecule has 0 spiro atoms. The molecule has 1 aliphatic carbocycles. The van der Waals surface area contributed by atoms with Crippen molar-refractivity contribution in [1.29, 1.82) is 0 Å². The van der Waals surface area contributed by atoms with Crippen LogP contribution in [0.1, 0.15) is 40.4 Å². The van der Waals surface area contributed by atoms with Crippen molar-refractivity contribution in [2.75, 3.05) is 0 Å². The van der Waals surface area contributed by atoms with E-state index in [9.17, 15) is 4.79 Å². The molecule has 1 aromatic carbocycles. The smallest absolute Gasteiger partial charge is 0.168 e. The summed E-state index contributed by atoms with van der Waals surface area (Å²) in [6.07, 6.45) is 5.06. The normalized spacial score (nSPS) is 14.1. The molecule has 5 heteroatoms. The first-order valence-electron chi connectivity index (χ1n) is 8.59. The number of aldehydes is 1. The second kappa shape index (κ2) is 5.28. The van der Waals surface area contributed by atoms with Crippen LogP contribution in [0, 0.1) is 6.92 Å². The molecule has 25 heavy (non-hydrogen) atoms. The largest absolute Gasteiger partial charge is 0.296 e. The molecule has 0 N–H and O–H groups in total. The number of benzene rings is 1. The van der Waals surface area contributed by atoms with Crippen LogP contribution in [0.5, 0.6) is 0 Å². The van der Waals surface area contributed by atoms with Crippen LogP contribution in [0.15, 0.2) is 24.3 Å². The summed E-state index contributed by atoms with van der Waals surface area (Å²) in [4.78, 5) is 30.3. The molecule has 0 radical (unpaired) electrons. The topological polar surface area (TPSA) is 68.6 Å². The number of fused-ring (bicyclic) bond motifs is 7. The number of pyridine rings is 2. The fourth-order valence-corrected chi connectivity index (χ4v) is 3.71. The zero-order valence-corrected chi connectivity index (χ0v) is 13.9. The molecule has 5 nitrogen and oxygen atoms in total. The maximum absolute atomic E-state index is 11.2. The first kappa shape index (κ1) is 14.4. The lowest BCUT2D eigenvalue weighted by Gasteiger charge is -2.16. The molecule has 0 bridgehead atoms. The van der Waals surface area contributed by atoms with Gasteiger partial charge in [0.15, 0.2) is 6.29 Å². The number of hydrogen-bond donors (Lipinski definition) is 0. The highest BCUT2D eigenvalue weighted by atomic mass is 16.1. The Kier molecular flexibility index (Phi) is 3.04. The molecule has 122 valence electrons. The van der Waals surface area contributed by atoms with E-state index in [1.54, 1.807) is 6.07 Å². The maximum atomic E-state index is 11.2. The average molecular weight is 328 g/mol. The Morgan fingerprint density at radius 2 is 1.32 bits per heavy atom. The number of carbonyl (C=O) groups is 1. The van der Waals surface area contributed by atoms with Gasteiger partial charge in [0, 0.05) is 16.5 Å². The van der Waals surface area contributed by atoms with Gasteiger partial charge in [-0.2, -0.15) is 0 Å². The van der Waals surface area contributed by atoms with E-state index in [1.165, 1.54) is 6.42 Å². The molecule has 0 fully saturated rings. The van der Waals surface area contributed by atoms with Gasteiger partial charge in [-0.1, -0.05) is 0 Å². The van der Waals surface area contributed by atoms with E-state index in [1.807, 2.05) is 25.1 Å². The number of carbonyl (C=O) groups excluding carboxylic acids is 1. The van der Waals surface area contributed by atoms with Crippen molar-refractivity contribution in [3.8, 4) is 0 Å². The maximum Gasteiger partial charge on any atom is 0.168 e. The van der Waals surface area contributed by atoms with E-state index >= 15 is 0 Å². The Hall–Kier alpha value is -2.95. The molecular formula is C20H16N4O. The Bertz CT molecular complexity index is 1180. The third kappa shape index (κ3) is 2.12. The first-order valence-corrected chi connectivity index (χ1v) is 8.59. The summed E-state index contributed by atoms with van der Waals surface area (Å²) >= 11 is 0. The van der Waals surface area contributed by atoms with Gasteiger partial charge >= 0.3 is 0 Å². The minimum Gasteiger partial charge on any atom is -0.296 e. The van der Waals surface area contributed by atoms with Crippen LogP contribution in [0.3, 0.4) is 0 Å². The van der Waals surface area contributed by atoms with E-state index in [4.69, 9.17) is 15.0 Å². The van der Waals surface area contributed by atoms with Gasteiger partial charge in [-0.15, -0.1) is 0 Å². The highest BCUT2D eigenvalue weighted by molar-refractivity contribution is 6.20. The molecule has 0 unspecified atom stereocenters. The van der Waals surface area contributed by atoms with Crippen LogP contribution in [0.2, 0.25) is 0 Å². The quantitative estimate of drug-likeness (QED) is 0.393. The second-order valence-corrected chi connectivity index (χ2v) is 6.62. The van der Waals surface area contributed by atoms with Crippen molar-refractivity contribution < 1.29 is 4.79 Å². The number of aromatic nitrogens is 4. The minimum absolute atomic E-state index is 0.405. The lowest BCUT2D eigenvalue weighted by Crippen LogP contribution is -2.09. The summed E-state index contributed by atoms with van der Waals surface area (Å²) in [6, 6.07) is 7.68. The lowest BCUT2D eigenvalue weighted by molar-refractivity contribution is 0.111. The molecule has 3 aromatic heterocycles. The van der Waals surface area contributed by atoms with Gasteiger partial charge in [-0.05, 0) is 56.9 Å². The van der Waals surface area contributed by atoms with Gasteiger partial charge in [0.05, 0.1) is 33.5 Å². The zero-order chi connectivity index (χ0) is 17.0. The predicted octanol–water partition coefficient (Wildman–Crippen LogP) is 3.73. The third-order valence-electron chi connectivity index (χ3n) is 4.93. The van der Waals surface area contributed by atoms with Gasteiger partial charge in [-0.25, -0.2) is 15.0 Å². The molecular weight excluding hydrogens is 312 g/mol. The van der Waals surface area contributed by atoms with Gasteiger partial charge in [0.2, 0.25) is 0 Å². The van der Waals surface area contributed by atoms with Gasteiger partial charge in [-0.3, -0.25) is 9.78 Å². The van der Waals surface area contributed by atoms with Crippen molar-refractivity contribution >= 4 is 39.1 Å². The molecule has 0 aliphatic heterocycles. The Balaban J connectivity index is 2.03. The molecule has 0 amide bonds. The standard InChI is InChI=1S/C20H16N4O/c1-11-6-8-13-17(21-11)18-14(9-7-12(10-25)22-18)20-19(13)23-15-4-2-3-5-16(15)24-20/h6-10H,2-5H2,1H3. The summed E-state index contributed by atoms with van der Waals surface area (Å²) in [5.74, 6) is 0. The second-order valence-electron chi connectivity index (χ2n) is 6.62. The van der Waals surface area contributed by atoms with Crippen LogP contribution in [-0.4, -0.2) is 26.2 Å². The molecule has 0 saturated carbocycles. The fourth-order valence-electron chi connectivity index (χ4n) is 3.71. The lowest BCUT2D eigenvalue weighted by atomic mass is 9.99. The summed E-state index contributed by atoms with van der Waals surface area (Å²) in [7, 11) is 0. The van der Waals surface area contributed by atoms with Gasteiger partial charge < -0.3 is 0 Å². The SMILES string of the molecule is Cc1ccc2c(n1)c1nc(C=O)ccc1c1nc3c(nc21)CCCC3. The number of nitrogens with zero attached hydrogens (tertiary/aromatic N) is 4. The van der Waals surface area contributed by atoms with Crippen molar-refractivity contribution in [3.05, 3.63) is 47.0 Å². The van der Waals surface area contributed by atoms with E-state index < -0.39 is 0 Å². The monoisotopic (exact) mass is 328 g/mol. The van der Waals surface area contributed by atoms with E-state index in [0.717, 1.165) is 75.5 Å². The van der Waals surface area contributed by atoms with Crippen molar-refractivity contribution in [2.24, 2.45) is 0 Å². The Labute approximate surface area is 144 Å². The number of rotatable bonds is 1. The molecule has 0 atom stereocenters. The third-order valence-corrected chi connectivity index (χ3v) is 4.93.